The second kappa shape index (κ2) is 8.37. The Labute approximate surface area is 204 Å². The average Bonchev–Trinajstić information content (AvgIpc) is 3.64. The Balaban J connectivity index is 1.18. The molecule has 5 heterocycles. The van der Waals surface area contributed by atoms with Crippen molar-refractivity contribution < 1.29 is 24.3 Å². The molecule has 2 N–H and O–H groups in total. The summed E-state index contributed by atoms with van der Waals surface area (Å²) in [5.41, 5.74) is 3.77. The predicted octanol–water partition coefficient (Wildman–Crippen LogP) is -0.627. The minimum absolute atomic E-state index is 0.0367. The van der Waals surface area contributed by atoms with Gasteiger partial charge in [0.2, 0.25) is 11.8 Å². The summed E-state index contributed by atoms with van der Waals surface area (Å²) in [5.74, 6) is -1.36. The molecule has 4 amide bonds. The number of aromatic nitrogens is 5. The molecule has 184 valence electrons. The molecular weight excluding hydrogens is 468 g/mol. The van der Waals surface area contributed by atoms with Crippen LogP contribution in [-0.2, 0) is 35.8 Å². The Kier molecular flexibility index (Phi) is 5.14. The van der Waals surface area contributed by atoms with E-state index in [-0.39, 0.29) is 43.0 Å². The zero-order chi connectivity index (χ0) is 25.0. The number of carbonyl (C=O) groups excluding carboxylic acids is 4. The van der Waals surface area contributed by atoms with Crippen molar-refractivity contribution >= 4 is 23.6 Å². The van der Waals surface area contributed by atoms with Crippen LogP contribution in [0.15, 0.2) is 30.6 Å². The third-order valence-corrected chi connectivity index (χ3v) is 6.82. The van der Waals surface area contributed by atoms with Crippen LogP contribution in [0.25, 0.3) is 5.69 Å². The number of fused-ring (bicyclic) bond motifs is 2. The Morgan fingerprint density at radius 2 is 2.00 bits per heavy atom. The number of rotatable bonds is 5. The summed E-state index contributed by atoms with van der Waals surface area (Å²) in [6, 6.07) is 4.55. The van der Waals surface area contributed by atoms with Gasteiger partial charge in [0.1, 0.15) is 6.04 Å². The number of hydrogen-bond donors (Lipinski definition) is 2. The third kappa shape index (κ3) is 3.55. The Bertz CT molecular complexity index is 1430. The van der Waals surface area contributed by atoms with Gasteiger partial charge >= 0.3 is 0 Å². The van der Waals surface area contributed by atoms with E-state index in [9.17, 15) is 24.3 Å². The van der Waals surface area contributed by atoms with Gasteiger partial charge in [-0.05, 0) is 24.1 Å². The summed E-state index contributed by atoms with van der Waals surface area (Å²) in [6.07, 6.45) is 3.71. The maximum Gasteiger partial charge on any atom is 0.276 e. The van der Waals surface area contributed by atoms with E-state index in [1.54, 1.807) is 34.0 Å². The minimum Gasteiger partial charge on any atom is -0.394 e. The standard InChI is InChI=1S/C23H22N8O5/c32-6-5-30-19-12-28(9-14(19)8-24-30)23(36)17-11-31(27-26-17)15-2-1-13-10-29(22(35)16(13)7-15)18-3-4-20(33)25-21(18)34/h1-2,7-8,11,18,32H,3-6,9-10,12H2,(H,25,33,34). The Hall–Kier alpha value is -4.39. The SMILES string of the molecule is O=C1CCC(N2Cc3ccc(-n4cc(C(=O)N5Cc6cnn(CCO)c6C5)nn4)cc3C2=O)C(=O)N1. The van der Waals surface area contributed by atoms with Crippen LogP contribution in [0, 0.1) is 0 Å². The number of imide groups is 1. The van der Waals surface area contributed by atoms with E-state index in [0.717, 1.165) is 16.8 Å². The molecule has 3 aliphatic heterocycles. The molecule has 0 aliphatic carbocycles. The quantitative estimate of drug-likeness (QED) is 0.448. The van der Waals surface area contributed by atoms with Gasteiger partial charge in [0.05, 0.1) is 43.5 Å². The molecular formula is C23H22N8O5. The van der Waals surface area contributed by atoms with E-state index >= 15 is 0 Å². The fraction of sp³-hybridized carbons (Fsp3) is 0.348. The molecule has 13 nitrogen and oxygen atoms in total. The van der Waals surface area contributed by atoms with Crippen molar-refractivity contribution in [3.63, 3.8) is 0 Å². The fourth-order valence-electron chi connectivity index (χ4n) is 4.97. The van der Waals surface area contributed by atoms with Crippen LogP contribution in [0.5, 0.6) is 0 Å². The van der Waals surface area contributed by atoms with Crippen molar-refractivity contribution in [3.8, 4) is 5.69 Å². The number of hydrogen-bond acceptors (Lipinski definition) is 8. The molecule has 1 atom stereocenters. The van der Waals surface area contributed by atoms with Gasteiger partial charge in [0.15, 0.2) is 5.69 Å². The number of nitrogens with one attached hydrogen (secondary N) is 1. The van der Waals surface area contributed by atoms with E-state index in [2.05, 4.69) is 20.7 Å². The topological polar surface area (TPSA) is 156 Å². The van der Waals surface area contributed by atoms with Crippen LogP contribution in [0.4, 0.5) is 0 Å². The van der Waals surface area contributed by atoms with Gasteiger partial charge in [0, 0.05) is 30.6 Å². The van der Waals surface area contributed by atoms with Gasteiger partial charge in [-0.3, -0.25) is 29.2 Å². The van der Waals surface area contributed by atoms with Crippen molar-refractivity contribution in [2.45, 2.75) is 45.1 Å². The minimum atomic E-state index is -0.685. The predicted molar refractivity (Wildman–Crippen MR) is 120 cm³/mol. The van der Waals surface area contributed by atoms with Crippen molar-refractivity contribution in [1.82, 2.24) is 39.9 Å². The van der Waals surface area contributed by atoms with Crippen LogP contribution >= 0.6 is 0 Å². The van der Waals surface area contributed by atoms with E-state index in [0.29, 0.717) is 37.3 Å². The molecule has 36 heavy (non-hydrogen) atoms. The van der Waals surface area contributed by atoms with E-state index in [1.807, 2.05) is 0 Å². The van der Waals surface area contributed by atoms with Crippen molar-refractivity contribution in [2.75, 3.05) is 6.61 Å². The lowest BCUT2D eigenvalue weighted by Gasteiger charge is -2.29. The Morgan fingerprint density at radius 3 is 2.81 bits per heavy atom. The maximum atomic E-state index is 13.1. The molecule has 3 aromatic rings. The van der Waals surface area contributed by atoms with Gasteiger partial charge in [-0.25, -0.2) is 4.68 Å². The first-order valence-electron chi connectivity index (χ1n) is 11.6. The van der Waals surface area contributed by atoms with Crippen LogP contribution in [0.2, 0.25) is 0 Å². The number of amides is 4. The summed E-state index contributed by atoms with van der Waals surface area (Å²) in [6.45, 7) is 1.38. The molecule has 1 aromatic carbocycles. The van der Waals surface area contributed by atoms with Crippen molar-refractivity contribution in [2.24, 2.45) is 0 Å². The number of benzene rings is 1. The molecule has 0 radical (unpaired) electrons. The van der Waals surface area contributed by atoms with E-state index < -0.39 is 11.9 Å². The zero-order valence-corrected chi connectivity index (χ0v) is 19.1. The first-order valence-corrected chi connectivity index (χ1v) is 11.6. The van der Waals surface area contributed by atoms with Crippen LogP contribution < -0.4 is 5.32 Å². The highest BCUT2D eigenvalue weighted by molar-refractivity contribution is 6.05. The first-order chi connectivity index (χ1) is 17.4. The number of aliphatic hydroxyl groups excluding tert-OH is 1. The molecule has 6 rings (SSSR count). The second-order valence-electron chi connectivity index (χ2n) is 9.01. The maximum absolute atomic E-state index is 13.1. The van der Waals surface area contributed by atoms with Gasteiger partial charge < -0.3 is 14.9 Å². The van der Waals surface area contributed by atoms with Crippen LogP contribution in [-0.4, -0.2) is 76.0 Å². The van der Waals surface area contributed by atoms with Crippen LogP contribution in [0.3, 0.4) is 0 Å². The summed E-state index contributed by atoms with van der Waals surface area (Å²) < 4.78 is 3.13. The summed E-state index contributed by atoms with van der Waals surface area (Å²) in [5, 5.41) is 23.8. The van der Waals surface area contributed by atoms with Gasteiger partial charge in [-0.1, -0.05) is 11.3 Å². The highest BCUT2D eigenvalue weighted by Gasteiger charge is 2.39. The molecule has 2 aromatic heterocycles. The van der Waals surface area contributed by atoms with Crippen molar-refractivity contribution in [1.29, 1.82) is 0 Å². The molecule has 0 spiro atoms. The highest BCUT2D eigenvalue weighted by Crippen LogP contribution is 2.29. The number of piperidine rings is 1. The number of nitrogens with zero attached hydrogens (tertiary/aromatic N) is 7. The molecule has 0 bridgehead atoms. The number of aliphatic hydroxyl groups is 1. The largest absolute Gasteiger partial charge is 0.394 e. The van der Waals surface area contributed by atoms with Gasteiger partial charge in [-0.15, -0.1) is 5.10 Å². The van der Waals surface area contributed by atoms with Crippen LogP contribution in [0.1, 0.15) is 50.5 Å². The highest BCUT2D eigenvalue weighted by atomic mass is 16.3. The van der Waals surface area contributed by atoms with Gasteiger partial charge in [-0.2, -0.15) is 5.10 Å². The van der Waals surface area contributed by atoms with Gasteiger partial charge in [0.25, 0.3) is 11.8 Å². The molecule has 1 fully saturated rings. The normalized spacial score (nSPS) is 19.0. The molecule has 13 heteroatoms. The lowest BCUT2D eigenvalue weighted by molar-refractivity contribution is -0.136. The summed E-state index contributed by atoms with van der Waals surface area (Å²) in [7, 11) is 0. The summed E-state index contributed by atoms with van der Waals surface area (Å²) in [4.78, 5) is 53.0. The molecule has 1 saturated heterocycles. The molecule has 1 unspecified atom stereocenters. The fourth-order valence-corrected chi connectivity index (χ4v) is 4.97. The Morgan fingerprint density at radius 1 is 1.14 bits per heavy atom. The average molecular weight is 490 g/mol. The molecule has 3 aliphatic rings. The lowest BCUT2D eigenvalue weighted by atomic mass is 10.0. The van der Waals surface area contributed by atoms with E-state index in [4.69, 9.17) is 0 Å². The third-order valence-electron chi connectivity index (χ3n) is 6.82. The number of carbonyl (C=O) groups is 4. The van der Waals surface area contributed by atoms with E-state index in [1.165, 1.54) is 15.8 Å². The first kappa shape index (κ1) is 22.1. The smallest absolute Gasteiger partial charge is 0.276 e. The second-order valence-corrected chi connectivity index (χ2v) is 9.01. The zero-order valence-electron chi connectivity index (χ0n) is 19.1. The monoisotopic (exact) mass is 490 g/mol. The summed E-state index contributed by atoms with van der Waals surface area (Å²) >= 11 is 0. The van der Waals surface area contributed by atoms with Crippen molar-refractivity contribution in [3.05, 3.63) is 58.7 Å². The molecule has 0 saturated carbocycles. The lowest BCUT2D eigenvalue weighted by Crippen LogP contribution is -2.52.